The van der Waals surface area contributed by atoms with E-state index in [-0.39, 0.29) is 18.4 Å². The molecule has 16 heavy (non-hydrogen) atoms. The molecule has 0 atom stereocenters. The average molecular weight is 224 g/mol. The van der Waals surface area contributed by atoms with Gasteiger partial charge in [-0.05, 0) is 19.3 Å². The molecule has 1 aliphatic carbocycles. The highest BCUT2D eigenvalue weighted by molar-refractivity contribution is 5.85. The Morgan fingerprint density at radius 1 is 1.38 bits per heavy atom. The van der Waals surface area contributed by atoms with Crippen LogP contribution in [-0.4, -0.2) is 47.8 Å². The lowest BCUT2D eigenvalue weighted by molar-refractivity contribution is -0.138. The van der Waals surface area contributed by atoms with E-state index in [4.69, 9.17) is 0 Å². The fourth-order valence-electron chi connectivity index (χ4n) is 2.64. The van der Waals surface area contributed by atoms with E-state index in [2.05, 4.69) is 0 Å². The molecule has 0 spiro atoms. The van der Waals surface area contributed by atoms with E-state index < -0.39 is 0 Å². The molecule has 0 aromatic heterocycles. The zero-order chi connectivity index (χ0) is 11.5. The first-order chi connectivity index (χ1) is 7.68. The monoisotopic (exact) mass is 224 g/mol. The summed E-state index contributed by atoms with van der Waals surface area (Å²) in [5.41, 5.74) is 0. The maximum Gasteiger partial charge on any atom is 0.242 e. The van der Waals surface area contributed by atoms with Gasteiger partial charge in [0.25, 0.3) is 0 Å². The molecule has 1 saturated carbocycles. The van der Waals surface area contributed by atoms with Crippen LogP contribution in [0.1, 0.15) is 38.5 Å². The molecule has 0 aromatic carbocycles. The summed E-state index contributed by atoms with van der Waals surface area (Å²) in [7, 11) is 1.87. The molecule has 2 rings (SSSR count). The van der Waals surface area contributed by atoms with Crippen LogP contribution in [0, 0.1) is 0 Å². The molecule has 2 amide bonds. The molecule has 0 unspecified atom stereocenters. The largest absolute Gasteiger partial charge is 0.341 e. The van der Waals surface area contributed by atoms with E-state index in [1.807, 2.05) is 11.9 Å². The number of amides is 2. The third-order valence-electron chi connectivity index (χ3n) is 3.76. The van der Waals surface area contributed by atoms with Crippen molar-refractivity contribution in [2.45, 2.75) is 44.6 Å². The number of rotatable bonds is 3. The molecular weight excluding hydrogens is 204 g/mol. The van der Waals surface area contributed by atoms with E-state index in [0.717, 1.165) is 25.8 Å². The molecule has 0 radical (unpaired) electrons. The zero-order valence-electron chi connectivity index (χ0n) is 9.95. The highest BCUT2D eigenvalue weighted by Gasteiger charge is 2.27. The number of likely N-dealkylation sites (N-methyl/N-ethyl adjacent to an activating group) is 1. The molecule has 0 bridgehead atoms. The van der Waals surface area contributed by atoms with Gasteiger partial charge in [-0.3, -0.25) is 9.59 Å². The topological polar surface area (TPSA) is 40.6 Å². The first-order valence-electron chi connectivity index (χ1n) is 6.22. The number of carbonyl (C=O) groups is 2. The predicted octanol–water partition coefficient (Wildman–Crippen LogP) is 1.01. The Kier molecular flexibility index (Phi) is 3.46. The molecule has 90 valence electrons. The number of carbonyl (C=O) groups excluding carboxylic acids is 2. The van der Waals surface area contributed by atoms with Gasteiger partial charge in [-0.1, -0.05) is 12.8 Å². The molecule has 1 heterocycles. The van der Waals surface area contributed by atoms with Crippen LogP contribution >= 0.6 is 0 Å². The fourth-order valence-corrected chi connectivity index (χ4v) is 2.64. The van der Waals surface area contributed by atoms with Crippen LogP contribution in [0.25, 0.3) is 0 Å². The summed E-state index contributed by atoms with van der Waals surface area (Å²) in [6, 6.07) is 0.408. The summed E-state index contributed by atoms with van der Waals surface area (Å²) in [5.74, 6) is 0.232. The molecule has 2 fully saturated rings. The second-order valence-corrected chi connectivity index (χ2v) is 4.86. The average Bonchev–Trinajstić information content (AvgIpc) is 2.89. The van der Waals surface area contributed by atoms with Crippen LogP contribution in [0.3, 0.4) is 0 Å². The number of hydrogen-bond donors (Lipinski definition) is 0. The summed E-state index contributed by atoms with van der Waals surface area (Å²) in [6.07, 6.45) is 6.21. The van der Waals surface area contributed by atoms with E-state index in [1.165, 1.54) is 12.8 Å². The van der Waals surface area contributed by atoms with E-state index in [1.54, 1.807) is 4.90 Å². The Labute approximate surface area is 96.6 Å². The van der Waals surface area contributed by atoms with Gasteiger partial charge in [0, 0.05) is 26.1 Å². The summed E-state index contributed by atoms with van der Waals surface area (Å²) in [5, 5.41) is 0. The lowest BCUT2D eigenvalue weighted by Crippen LogP contribution is -2.42. The van der Waals surface area contributed by atoms with Crippen LogP contribution in [0.2, 0.25) is 0 Å². The minimum Gasteiger partial charge on any atom is -0.341 e. The van der Waals surface area contributed by atoms with Gasteiger partial charge in [0.2, 0.25) is 11.8 Å². The highest BCUT2D eigenvalue weighted by atomic mass is 16.2. The maximum atomic E-state index is 12.0. The summed E-state index contributed by atoms with van der Waals surface area (Å²) >= 11 is 0. The summed E-state index contributed by atoms with van der Waals surface area (Å²) in [6.45, 7) is 1.04. The molecule has 4 heteroatoms. The third-order valence-corrected chi connectivity index (χ3v) is 3.76. The Morgan fingerprint density at radius 2 is 2.06 bits per heavy atom. The highest BCUT2D eigenvalue weighted by Crippen LogP contribution is 2.22. The van der Waals surface area contributed by atoms with Gasteiger partial charge in [-0.2, -0.15) is 0 Å². The van der Waals surface area contributed by atoms with Gasteiger partial charge in [0.15, 0.2) is 0 Å². The standard InChI is InChI=1S/C12H20N2O2/c1-13(10-5-2-3-6-10)12(16)9-14-8-4-7-11(14)15/h10H,2-9H2,1H3. The van der Waals surface area contributed by atoms with E-state index in [0.29, 0.717) is 12.5 Å². The van der Waals surface area contributed by atoms with Crippen molar-refractivity contribution in [3.8, 4) is 0 Å². The Balaban J connectivity index is 1.84. The third kappa shape index (κ3) is 2.36. The Morgan fingerprint density at radius 3 is 2.62 bits per heavy atom. The van der Waals surface area contributed by atoms with Crippen LogP contribution in [0.5, 0.6) is 0 Å². The first-order valence-corrected chi connectivity index (χ1v) is 6.22. The molecule has 1 saturated heterocycles. The molecule has 2 aliphatic rings. The Hall–Kier alpha value is -1.06. The minimum absolute atomic E-state index is 0.0992. The molecule has 0 aromatic rings. The Bertz CT molecular complexity index is 285. The van der Waals surface area contributed by atoms with Gasteiger partial charge in [0.1, 0.15) is 0 Å². The minimum atomic E-state index is 0.0992. The number of likely N-dealkylation sites (tertiary alicyclic amines) is 1. The maximum absolute atomic E-state index is 12.0. The van der Waals surface area contributed by atoms with Gasteiger partial charge in [-0.15, -0.1) is 0 Å². The van der Waals surface area contributed by atoms with Crippen LogP contribution in [0.15, 0.2) is 0 Å². The molecular formula is C12H20N2O2. The van der Waals surface area contributed by atoms with E-state index >= 15 is 0 Å². The first kappa shape index (κ1) is 11.4. The SMILES string of the molecule is CN(C(=O)CN1CCCC1=O)C1CCCC1. The summed E-state index contributed by atoms with van der Waals surface area (Å²) < 4.78 is 0. The lowest BCUT2D eigenvalue weighted by Gasteiger charge is -2.26. The predicted molar refractivity (Wildman–Crippen MR) is 60.8 cm³/mol. The number of hydrogen-bond acceptors (Lipinski definition) is 2. The molecule has 4 nitrogen and oxygen atoms in total. The quantitative estimate of drug-likeness (QED) is 0.718. The van der Waals surface area contributed by atoms with Gasteiger partial charge < -0.3 is 9.80 Å². The van der Waals surface area contributed by atoms with Crippen molar-refractivity contribution in [3.05, 3.63) is 0 Å². The second kappa shape index (κ2) is 4.85. The van der Waals surface area contributed by atoms with Crippen LogP contribution in [-0.2, 0) is 9.59 Å². The van der Waals surface area contributed by atoms with Crippen molar-refractivity contribution in [2.75, 3.05) is 20.1 Å². The van der Waals surface area contributed by atoms with Gasteiger partial charge >= 0.3 is 0 Å². The van der Waals surface area contributed by atoms with Crippen molar-refractivity contribution >= 4 is 11.8 Å². The summed E-state index contributed by atoms with van der Waals surface area (Å²) in [4.78, 5) is 26.9. The van der Waals surface area contributed by atoms with Crippen molar-refractivity contribution in [3.63, 3.8) is 0 Å². The van der Waals surface area contributed by atoms with Crippen LogP contribution in [0.4, 0.5) is 0 Å². The van der Waals surface area contributed by atoms with Crippen molar-refractivity contribution in [2.24, 2.45) is 0 Å². The van der Waals surface area contributed by atoms with Crippen LogP contribution < -0.4 is 0 Å². The number of nitrogens with zero attached hydrogens (tertiary/aromatic N) is 2. The fraction of sp³-hybridized carbons (Fsp3) is 0.833. The second-order valence-electron chi connectivity index (χ2n) is 4.86. The zero-order valence-corrected chi connectivity index (χ0v) is 9.95. The normalized spacial score (nSPS) is 21.8. The van der Waals surface area contributed by atoms with Gasteiger partial charge in [-0.25, -0.2) is 0 Å². The molecule has 1 aliphatic heterocycles. The van der Waals surface area contributed by atoms with E-state index in [9.17, 15) is 9.59 Å². The lowest BCUT2D eigenvalue weighted by atomic mass is 10.2. The van der Waals surface area contributed by atoms with Crippen molar-refractivity contribution in [1.29, 1.82) is 0 Å². The van der Waals surface area contributed by atoms with Crippen molar-refractivity contribution < 1.29 is 9.59 Å². The van der Waals surface area contributed by atoms with Crippen molar-refractivity contribution in [1.82, 2.24) is 9.80 Å². The smallest absolute Gasteiger partial charge is 0.242 e. The molecule has 0 N–H and O–H groups in total. The van der Waals surface area contributed by atoms with Gasteiger partial charge in [0.05, 0.1) is 6.54 Å².